The third-order valence-corrected chi connectivity index (χ3v) is 5.91. The van der Waals surface area contributed by atoms with Crippen LogP contribution in [0.5, 0.6) is 0 Å². The molecule has 8 nitrogen and oxygen atoms in total. The van der Waals surface area contributed by atoms with Crippen LogP contribution in [0.4, 0.5) is 4.39 Å². The number of allylic oxidation sites excluding steroid dienone is 3. The molecule has 5 rings (SSSR count). The lowest BCUT2D eigenvalue weighted by molar-refractivity contribution is 0.635. The quantitative estimate of drug-likeness (QED) is 0.263. The second kappa shape index (κ2) is 10.0. The largest absolute Gasteiger partial charge is 0.337 e. The molecule has 36 heavy (non-hydrogen) atoms. The summed E-state index contributed by atoms with van der Waals surface area (Å²) in [6.07, 6.45) is 12.2. The first kappa shape index (κ1) is 23.3. The Balaban J connectivity index is 1.63. The number of H-pyrrole nitrogens is 2. The van der Waals surface area contributed by atoms with Crippen molar-refractivity contribution in [3.05, 3.63) is 84.7 Å². The van der Waals surface area contributed by atoms with Crippen LogP contribution in [0.25, 0.3) is 50.4 Å². The molecule has 3 N–H and O–H groups in total. The summed E-state index contributed by atoms with van der Waals surface area (Å²) < 4.78 is 16.0. The van der Waals surface area contributed by atoms with Gasteiger partial charge in [-0.3, -0.25) is 15.1 Å². The number of pyridine rings is 3. The van der Waals surface area contributed by atoms with Crippen molar-refractivity contribution in [1.29, 1.82) is 0 Å². The van der Waals surface area contributed by atoms with Crippen LogP contribution in [0, 0.1) is 5.82 Å². The fourth-order valence-corrected chi connectivity index (χ4v) is 4.07. The van der Waals surface area contributed by atoms with Crippen molar-refractivity contribution < 1.29 is 4.39 Å². The van der Waals surface area contributed by atoms with Gasteiger partial charge in [-0.2, -0.15) is 5.10 Å². The minimum atomic E-state index is -0.423. The summed E-state index contributed by atoms with van der Waals surface area (Å²) in [6.45, 7) is 9.24. The summed E-state index contributed by atoms with van der Waals surface area (Å²) in [7, 11) is 0. The third-order valence-electron chi connectivity index (χ3n) is 5.91. The van der Waals surface area contributed by atoms with Crippen LogP contribution in [0.2, 0.25) is 0 Å². The fraction of sp³-hybridized carbons (Fsp3) is 0.148. The second-order valence-corrected chi connectivity index (χ2v) is 8.11. The number of hydrogen-bond acceptors (Lipinski definition) is 6. The minimum absolute atomic E-state index is 0.268. The number of rotatable bonds is 8. The van der Waals surface area contributed by atoms with Gasteiger partial charge in [-0.1, -0.05) is 31.7 Å². The van der Waals surface area contributed by atoms with Gasteiger partial charge in [0.15, 0.2) is 11.5 Å². The summed E-state index contributed by atoms with van der Waals surface area (Å²) in [4.78, 5) is 21.0. The van der Waals surface area contributed by atoms with Crippen LogP contribution in [0.15, 0.2) is 73.4 Å². The van der Waals surface area contributed by atoms with Gasteiger partial charge in [0.2, 0.25) is 0 Å². The highest BCUT2D eigenvalue weighted by atomic mass is 19.1. The molecule has 0 unspecified atom stereocenters. The highest BCUT2D eigenvalue weighted by Gasteiger charge is 2.21. The Morgan fingerprint density at radius 3 is 2.75 bits per heavy atom. The summed E-state index contributed by atoms with van der Waals surface area (Å²) >= 11 is 0. The van der Waals surface area contributed by atoms with Crippen LogP contribution >= 0.6 is 0 Å². The number of aromatic amines is 2. The van der Waals surface area contributed by atoms with Gasteiger partial charge in [0.25, 0.3) is 0 Å². The third kappa shape index (κ3) is 4.20. The van der Waals surface area contributed by atoms with E-state index in [1.807, 2.05) is 44.2 Å². The van der Waals surface area contributed by atoms with Crippen LogP contribution < -0.4 is 5.32 Å². The SMILES string of the molecule is C=C/C(=C\C(=C/C)c1cnc2n[nH]c(-c3nc4c(-c5ccncc5)nccc4[nH]3)c2c1F)CNCC. The molecule has 0 radical (unpaired) electrons. The first-order valence-corrected chi connectivity index (χ1v) is 11.6. The molecule has 0 aromatic carbocycles. The minimum Gasteiger partial charge on any atom is -0.337 e. The summed E-state index contributed by atoms with van der Waals surface area (Å²) in [5.74, 6) is 0.0260. The van der Waals surface area contributed by atoms with Gasteiger partial charge in [-0.25, -0.2) is 14.4 Å². The number of nitrogens with zero attached hydrogens (tertiary/aromatic N) is 5. The molecular formula is C27H25FN8. The molecule has 5 heterocycles. The molecule has 0 aliphatic carbocycles. The van der Waals surface area contributed by atoms with Crippen molar-refractivity contribution in [2.45, 2.75) is 13.8 Å². The first-order chi connectivity index (χ1) is 17.6. The highest BCUT2D eigenvalue weighted by molar-refractivity contribution is 5.96. The number of likely N-dealkylation sites (N-methyl/N-ethyl adjacent to an activating group) is 1. The molecule has 0 saturated heterocycles. The molecule has 0 aliphatic rings. The van der Waals surface area contributed by atoms with E-state index in [0.29, 0.717) is 40.4 Å². The summed E-state index contributed by atoms with van der Waals surface area (Å²) in [5.41, 5.74) is 5.76. The van der Waals surface area contributed by atoms with Gasteiger partial charge in [0.1, 0.15) is 17.0 Å². The standard InChI is InChI=1S/C27H25FN8/c1-4-16(14-29-6-3)13-17(5-2)19-15-32-26-21(22(19)28)25(35-36-26)27-33-20-9-12-31-23(24(20)34-27)18-7-10-30-11-8-18/h4-5,7-13,15,29H,1,6,14H2,2-3H3,(H,33,34)(H,32,35,36)/b16-13+,17-5+. The summed E-state index contributed by atoms with van der Waals surface area (Å²) in [5, 5.41) is 10.7. The van der Waals surface area contributed by atoms with E-state index in [9.17, 15) is 0 Å². The smallest absolute Gasteiger partial charge is 0.184 e. The molecule has 180 valence electrons. The molecule has 0 atom stereocenters. The Hall–Kier alpha value is -4.50. The van der Waals surface area contributed by atoms with Crippen LogP contribution in [0.3, 0.4) is 0 Å². The van der Waals surface area contributed by atoms with E-state index in [-0.39, 0.29) is 11.0 Å². The van der Waals surface area contributed by atoms with E-state index < -0.39 is 5.82 Å². The van der Waals surface area contributed by atoms with E-state index >= 15 is 4.39 Å². The molecule has 0 aliphatic heterocycles. The maximum absolute atomic E-state index is 16.0. The van der Waals surface area contributed by atoms with E-state index in [4.69, 9.17) is 4.98 Å². The zero-order valence-corrected chi connectivity index (χ0v) is 20.0. The Labute approximate surface area is 207 Å². The predicted molar refractivity (Wildman–Crippen MR) is 140 cm³/mol. The molecule has 0 fully saturated rings. The molecule has 0 amide bonds. The predicted octanol–water partition coefficient (Wildman–Crippen LogP) is 5.22. The Bertz CT molecular complexity index is 1610. The average Bonchev–Trinajstić information content (AvgIpc) is 3.55. The Kier molecular flexibility index (Phi) is 6.46. The Morgan fingerprint density at radius 2 is 2.00 bits per heavy atom. The van der Waals surface area contributed by atoms with Gasteiger partial charge in [-0.15, -0.1) is 0 Å². The van der Waals surface area contributed by atoms with Crippen LogP contribution in [0.1, 0.15) is 19.4 Å². The highest BCUT2D eigenvalue weighted by Crippen LogP contribution is 2.33. The summed E-state index contributed by atoms with van der Waals surface area (Å²) in [6, 6.07) is 5.58. The van der Waals surface area contributed by atoms with E-state index in [2.05, 4.69) is 42.0 Å². The zero-order chi connectivity index (χ0) is 25.1. The molecule has 0 bridgehead atoms. The van der Waals surface area contributed by atoms with Crippen molar-refractivity contribution in [2.24, 2.45) is 0 Å². The molecule has 5 aromatic heterocycles. The van der Waals surface area contributed by atoms with E-state index in [1.54, 1.807) is 24.7 Å². The number of aromatic nitrogens is 7. The number of hydrogen-bond donors (Lipinski definition) is 3. The van der Waals surface area contributed by atoms with Gasteiger partial charge in [-0.05, 0) is 42.8 Å². The van der Waals surface area contributed by atoms with Crippen molar-refractivity contribution in [3.8, 4) is 22.8 Å². The van der Waals surface area contributed by atoms with Crippen molar-refractivity contribution in [2.75, 3.05) is 13.1 Å². The number of imidazole rings is 1. The van der Waals surface area contributed by atoms with E-state index in [0.717, 1.165) is 23.2 Å². The normalized spacial score (nSPS) is 12.5. The molecule has 9 heteroatoms. The lowest BCUT2D eigenvalue weighted by Crippen LogP contribution is -2.15. The lowest BCUT2D eigenvalue weighted by atomic mass is 10.0. The van der Waals surface area contributed by atoms with Gasteiger partial charge >= 0.3 is 0 Å². The van der Waals surface area contributed by atoms with Crippen LogP contribution in [-0.4, -0.2) is 48.2 Å². The Morgan fingerprint density at radius 1 is 1.17 bits per heavy atom. The van der Waals surface area contributed by atoms with Gasteiger partial charge < -0.3 is 10.3 Å². The number of nitrogens with one attached hydrogen (secondary N) is 3. The topological polar surface area (TPSA) is 108 Å². The lowest BCUT2D eigenvalue weighted by Gasteiger charge is -2.08. The second-order valence-electron chi connectivity index (χ2n) is 8.11. The van der Waals surface area contributed by atoms with Gasteiger partial charge in [0, 0.05) is 42.5 Å². The van der Waals surface area contributed by atoms with Crippen LogP contribution in [-0.2, 0) is 0 Å². The maximum atomic E-state index is 16.0. The monoisotopic (exact) mass is 480 g/mol. The maximum Gasteiger partial charge on any atom is 0.184 e. The van der Waals surface area contributed by atoms with Crippen molar-refractivity contribution in [3.63, 3.8) is 0 Å². The molecular weight excluding hydrogens is 455 g/mol. The fourth-order valence-electron chi connectivity index (χ4n) is 4.07. The van der Waals surface area contributed by atoms with Crippen molar-refractivity contribution >= 4 is 27.6 Å². The van der Waals surface area contributed by atoms with E-state index in [1.165, 1.54) is 6.20 Å². The number of halogens is 1. The number of fused-ring (bicyclic) bond motifs is 2. The first-order valence-electron chi connectivity index (χ1n) is 11.6. The van der Waals surface area contributed by atoms with Crippen molar-refractivity contribution in [1.82, 2.24) is 40.4 Å². The molecule has 0 saturated carbocycles. The molecule has 5 aromatic rings. The average molecular weight is 481 g/mol. The molecule has 0 spiro atoms. The van der Waals surface area contributed by atoms with Gasteiger partial charge in [0.05, 0.1) is 16.6 Å². The zero-order valence-electron chi connectivity index (χ0n) is 20.0.